The molecule has 4 nitrogen and oxygen atoms in total. The highest BCUT2D eigenvalue weighted by atomic mass is 19.1. The summed E-state index contributed by atoms with van der Waals surface area (Å²) >= 11 is 0. The minimum Gasteiger partial charge on any atom is -0.331 e. The summed E-state index contributed by atoms with van der Waals surface area (Å²) in [5, 5.41) is 0. The standard InChI is InChI=1S/C16H15FN2O2/c1-18-8-6-12(10-15(18)20)16(21)19-9-7-14(19)11-2-4-13(17)5-3-11/h2-6,8,10,14H,7,9H2,1H3. The Balaban J connectivity index is 1.83. The molecule has 1 fully saturated rings. The third kappa shape index (κ3) is 2.46. The molecular formula is C16H15FN2O2. The minimum atomic E-state index is -0.289. The van der Waals surface area contributed by atoms with Gasteiger partial charge in [0, 0.05) is 31.4 Å². The lowest BCUT2D eigenvalue weighted by molar-refractivity contribution is 0.0460. The quantitative estimate of drug-likeness (QED) is 0.848. The number of pyridine rings is 1. The number of nitrogens with zero attached hydrogens (tertiary/aromatic N) is 2. The molecule has 1 saturated heterocycles. The zero-order valence-corrected chi connectivity index (χ0v) is 11.6. The van der Waals surface area contributed by atoms with E-state index in [0.29, 0.717) is 12.1 Å². The van der Waals surface area contributed by atoms with Crippen molar-refractivity contribution >= 4 is 5.91 Å². The summed E-state index contributed by atoms with van der Waals surface area (Å²) < 4.78 is 14.4. The van der Waals surface area contributed by atoms with Crippen molar-refractivity contribution in [3.8, 4) is 0 Å². The Morgan fingerprint density at radius 1 is 1.24 bits per heavy atom. The molecule has 0 N–H and O–H groups in total. The maximum Gasteiger partial charge on any atom is 0.254 e. The summed E-state index contributed by atoms with van der Waals surface area (Å²) in [6, 6.07) is 9.14. The number of rotatable bonds is 2. The van der Waals surface area contributed by atoms with Crippen molar-refractivity contribution in [3.05, 3.63) is 69.9 Å². The smallest absolute Gasteiger partial charge is 0.254 e. The third-order valence-electron chi connectivity index (χ3n) is 3.89. The predicted octanol–water partition coefficient (Wildman–Crippen LogP) is 2.11. The summed E-state index contributed by atoms with van der Waals surface area (Å²) in [4.78, 5) is 25.8. The van der Waals surface area contributed by atoms with Crippen LogP contribution in [0.5, 0.6) is 0 Å². The lowest BCUT2D eigenvalue weighted by Crippen LogP contribution is -2.45. The summed E-state index contributed by atoms with van der Waals surface area (Å²) in [5.74, 6) is -0.448. The number of aromatic nitrogens is 1. The van der Waals surface area contributed by atoms with Gasteiger partial charge in [-0.05, 0) is 30.2 Å². The minimum absolute atomic E-state index is 0.0397. The second kappa shape index (κ2) is 5.16. The molecule has 5 heteroatoms. The van der Waals surface area contributed by atoms with Gasteiger partial charge in [0.05, 0.1) is 6.04 Å². The largest absolute Gasteiger partial charge is 0.331 e. The summed E-state index contributed by atoms with van der Waals surface area (Å²) in [6.07, 6.45) is 2.43. The van der Waals surface area contributed by atoms with Crippen LogP contribution in [-0.2, 0) is 7.05 Å². The van der Waals surface area contributed by atoms with E-state index >= 15 is 0 Å². The normalized spacial score (nSPS) is 17.4. The first-order chi connectivity index (χ1) is 10.1. The van der Waals surface area contributed by atoms with E-state index in [-0.39, 0.29) is 23.3 Å². The molecule has 2 aromatic rings. The molecule has 108 valence electrons. The number of carbonyl (C=O) groups excluding carboxylic acids is 1. The Morgan fingerprint density at radius 3 is 2.52 bits per heavy atom. The molecule has 21 heavy (non-hydrogen) atoms. The molecule has 0 saturated carbocycles. The number of aryl methyl sites for hydroxylation is 1. The molecule has 1 aliphatic heterocycles. The van der Waals surface area contributed by atoms with Gasteiger partial charge in [0.1, 0.15) is 5.82 Å². The van der Waals surface area contributed by atoms with Crippen LogP contribution in [0.15, 0.2) is 47.4 Å². The third-order valence-corrected chi connectivity index (χ3v) is 3.89. The molecule has 0 aliphatic carbocycles. The maximum atomic E-state index is 13.0. The lowest BCUT2D eigenvalue weighted by atomic mass is 9.94. The van der Waals surface area contributed by atoms with Crippen molar-refractivity contribution < 1.29 is 9.18 Å². The number of halogens is 1. The Labute approximate surface area is 121 Å². The molecular weight excluding hydrogens is 271 g/mol. The highest BCUT2D eigenvalue weighted by molar-refractivity contribution is 5.94. The van der Waals surface area contributed by atoms with Crippen LogP contribution < -0.4 is 5.56 Å². The molecule has 3 rings (SSSR count). The Morgan fingerprint density at radius 2 is 1.95 bits per heavy atom. The zero-order valence-electron chi connectivity index (χ0n) is 11.6. The van der Waals surface area contributed by atoms with E-state index in [1.165, 1.54) is 22.8 Å². The second-order valence-corrected chi connectivity index (χ2v) is 5.22. The van der Waals surface area contributed by atoms with Gasteiger partial charge in [-0.25, -0.2) is 4.39 Å². The van der Waals surface area contributed by atoms with Crippen molar-refractivity contribution in [1.29, 1.82) is 0 Å². The zero-order chi connectivity index (χ0) is 15.0. The van der Waals surface area contributed by atoms with Gasteiger partial charge in [-0.1, -0.05) is 12.1 Å². The molecule has 2 heterocycles. The summed E-state index contributed by atoms with van der Waals surface area (Å²) in [7, 11) is 1.64. The van der Waals surface area contributed by atoms with Gasteiger partial charge in [0.15, 0.2) is 0 Å². The number of likely N-dealkylation sites (tertiary alicyclic amines) is 1. The number of amides is 1. The van der Waals surface area contributed by atoms with Gasteiger partial charge in [0.25, 0.3) is 11.5 Å². The molecule has 1 amide bonds. The van der Waals surface area contributed by atoms with Crippen molar-refractivity contribution in [1.82, 2.24) is 9.47 Å². The van der Waals surface area contributed by atoms with Gasteiger partial charge in [-0.15, -0.1) is 0 Å². The molecule has 0 spiro atoms. The first-order valence-corrected chi connectivity index (χ1v) is 6.79. The highest BCUT2D eigenvalue weighted by Crippen LogP contribution is 2.34. The lowest BCUT2D eigenvalue weighted by Gasteiger charge is -2.41. The van der Waals surface area contributed by atoms with Gasteiger partial charge in [-0.3, -0.25) is 9.59 Å². The predicted molar refractivity (Wildman–Crippen MR) is 76.5 cm³/mol. The van der Waals surface area contributed by atoms with Gasteiger partial charge >= 0.3 is 0 Å². The Bertz CT molecular complexity index is 737. The molecule has 0 radical (unpaired) electrons. The Hall–Kier alpha value is -2.43. The van der Waals surface area contributed by atoms with Gasteiger partial charge in [0.2, 0.25) is 0 Å². The number of benzene rings is 1. The Kier molecular flexibility index (Phi) is 3.33. The molecule has 1 aromatic heterocycles. The first-order valence-electron chi connectivity index (χ1n) is 6.79. The topological polar surface area (TPSA) is 42.3 Å². The van der Waals surface area contributed by atoms with Crippen molar-refractivity contribution in [3.63, 3.8) is 0 Å². The van der Waals surface area contributed by atoms with Crippen LogP contribution in [0.4, 0.5) is 4.39 Å². The van der Waals surface area contributed by atoms with Crippen LogP contribution in [0.2, 0.25) is 0 Å². The maximum absolute atomic E-state index is 13.0. The first kappa shape index (κ1) is 13.5. The molecule has 0 bridgehead atoms. The van der Waals surface area contributed by atoms with Crippen LogP contribution in [0.1, 0.15) is 28.4 Å². The van der Waals surface area contributed by atoms with E-state index in [9.17, 15) is 14.0 Å². The van der Waals surface area contributed by atoms with Gasteiger partial charge in [-0.2, -0.15) is 0 Å². The average Bonchev–Trinajstić information content (AvgIpc) is 2.43. The van der Waals surface area contributed by atoms with Crippen LogP contribution >= 0.6 is 0 Å². The number of hydrogen-bond acceptors (Lipinski definition) is 2. The SMILES string of the molecule is Cn1ccc(C(=O)N2CCC2c2ccc(F)cc2)cc1=O. The second-order valence-electron chi connectivity index (χ2n) is 5.22. The van der Waals surface area contributed by atoms with E-state index in [1.807, 2.05) is 0 Å². The van der Waals surface area contributed by atoms with Crippen molar-refractivity contribution in [2.75, 3.05) is 6.54 Å². The van der Waals surface area contributed by atoms with E-state index in [4.69, 9.17) is 0 Å². The molecule has 1 unspecified atom stereocenters. The van der Waals surface area contributed by atoms with E-state index in [0.717, 1.165) is 12.0 Å². The summed E-state index contributed by atoms with van der Waals surface area (Å²) in [5.41, 5.74) is 1.10. The fourth-order valence-electron chi connectivity index (χ4n) is 2.51. The highest BCUT2D eigenvalue weighted by Gasteiger charge is 2.33. The van der Waals surface area contributed by atoms with E-state index in [2.05, 4.69) is 0 Å². The molecule has 1 aromatic carbocycles. The molecule has 1 aliphatic rings. The summed E-state index contributed by atoms with van der Waals surface area (Å²) in [6.45, 7) is 0.649. The molecule has 1 atom stereocenters. The van der Waals surface area contributed by atoms with E-state index in [1.54, 1.807) is 36.3 Å². The fourth-order valence-corrected chi connectivity index (χ4v) is 2.51. The number of hydrogen-bond donors (Lipinski definition) is 0. The van der Waals surface area contributed by atoms with Crippen molar-refractivity contribution in [2.24, 2.45) is 7.05 Å². The fraction of sp³-hybridized carbons (Fsp3) is 0.250. The number of carbonyl (C=O) groups is 1. The van der Waals surface area contributed by atoms with Crippen LogP contribution in [0, 0.1) is 5.82 Å². The monoisotopic (exact) mass is 286 g/mol. The van der Waals surface area contributed by atoms with Crippen LogP contribution in [0.25, 0.3) is 0 Å². The van der Waals surface area contributed by atoms with Gasteiger partial charge < -0.3 is 9.47 Å². The van der Waals surface area contributed by atoms with Crippen molar-refractivity contribution in [2.45, 2.75) is 12.5 Å². The van der Waals surface area contributed by atoms with Crippen LogP contribution in [0.3, 0.4) is 0 Å². The average molecular weight is 286 g/mol. The van der Waals surface area contributed by atoms with Crippen LogP contribution in [-0.4, -0.2) is 21.9 Å². The van der Waals surface area contributed by atoms with E-state index < -0.39 is 0 Å².